The average molecular weight is 321 g/mol. The first-order valence-electron chi connectivity index (χ1n) is 8.64. The highest BCUT2D eigenvalue weighted by atomic mass is 16.2. The van der Waals surface area contributed by atoms with Gasteiger partial charge in [0.05, 0.1) is 5.41 Å². The fraction of sp³-hybridized carbons (Fsp3) is 0.429. The van der Waals surface area contributed by atoms with E-state index in [0.717, 1.165) is 29.3 Å². The van der Waals surface area contributed by atoms with Gasteiger partial charge < -0.3 is 5.32 Å². The Kier molecular flexibility index (Phi) is 3.00. The molecule has 3 nitrogen and oxygen atoms in total. The first-order chi connectivity index (χ1) is 11.3. The number of carbonyl (C=O) groups is 2. The summed E-state index contributed by atoms with van der Waals surface area (Å²) in [7, 11) is 0. The average Bonchev–Trinajstić information content (AvgIpc) is 2.85. The molecule has 2 aliphatic carbocycles. The number of hydrogen-bond donors (Lipinski definition) is 1. The lowest BCUT2D eigenvalue weighted by molar-refractivity contribution is -0.131. The zero-order chi connectivity index (χ0) is 17.2. The second-order valence-corrected chi connectivity index (χ2v) is 8.12. The normalized spacial score (nSPS) is 30.7. The van der Waals surface area contributed by atoms with E-state index >= 15 is 0 Å². The van der Waals surface area contributed by atoms with Crippen LogP contribution in [-0.4, -0.2) is 11.7 Å². The van der Waals surface area contributed by atoms with Crippen LogP contribution < -0.4 is 5.32 Å². The number of carbonyl (C=O) groups excluding carboxylic acids is 2. The summed E-state index contributed by atoms with van der Waals surface area (Å²) < 4.78 is 0. The van der Waals surface area contributed by atoms with Crippen LogP contribution in [0.25, 0.3) is 10.8 Å². The number of hydrogen-bond acceptors (Lipinski definition) is 2. The van der Waals surface area contributed by atoms with Crippen molar-refractivity contribution >= 4 is 28.2 Å². The van der Waals surface area contributed by atoms with Crippen LogP contribution in [0.4, 0.5) is 5.69 Å². The first kappa shape index (κ1) is 15.4. The van der Waals surface area contributed by atoms with E-state index < -0.39 is 5.41 Å². The fourth-order valence-corrected chi connectivity index (χ4v) is 4.94. The minimum atomic E-state index is -0.588. The number of fused-ring (bicyclic) bond motifs is 3. The molecule has 0 saturated heterocycles. The highest BCUT2D eigenvalue weighted by Gasteiger charge is 2.72. The molecule has 2 bridgehead atoms. The van der Waals surface area contributed by atoms with Gasteiger partial charge in [0.25, 0.3) is 0 Å². The number of benzene rings is 2. The van der Waals surface area contributed by atoms with Gasteiger partial charge in [-0.05, 0) is 29.7 Å². The molecule has 4 rings (SSSR count). The molecule has 0 aliphatic heterocycles. The number of ketones is 1. The van der Waals surface area contributed by atoms with E-state index in [9.17, 15) is 9.59 Å². The van der Waals surface area contributed by atoms with Crippen LogP contribution in [0.2, 0.25) is 0 Å². The maximum atomic E-state index is 13.3. The van der Waals surface area contributed by atoms with Gasteiger partial charge in [-0.15, -0.1) is 0 Å². The Morgan fingerprint density at radius 3 is 2.38 bits per heavy atom. The standard InChI is InChI=1S/C21H23NO2/c1-19(2)20(3)11-12-21(19,13-17(20)23)18(24)22-16-10-6-8-14-7-4-5-9-15(14)16/h4-10H,11-13H2,1-3H3,(H,22,24). The van der Waals surface area contributed by atoms with Crippen LogP contribution in [0, 0.1) is 16.2 Å². The summed E-state index contributed by atoms with van der Waals surface area (Å²) in [6.07, 6.45) is 1.97. The molecule has 0 spiro atoms. The molecule has 2 aliphatic rings. The molecule has 2 saturated carbocycles. The lowest BCUT2D eigenvalue weighted by atomic mass is 9.64. The maximum Gasteiger partial charge on any atom is 0.231 e. The highest BCUT2D eigenvalue weighted by molar-refractivity contribution is 6.08. The molecule has 0 radical (unpaired) electrons. The van der Waals surface area contributed by atoms with Gasteiger partial charge in [-0.3, -0.25) is 9.59 Å². The summed E-state index contributed by atoms with van der Waals surface area (Å²) in [6.45, 7) is 6.22. The number of anilines is 1. The number of rotatable bonds is 2. The van der Waals surface area contributed by atoms with Crippen LogP contribution in [0.15, 0.2) is 42.5 Å². The van der Waals surface area contributed by atoms with Crippen molar-refractivity contribution in [2.24, 2.45) is 16.2 Å². The van der Waals surface area contributed by atoms with Gasteiger partial charge in [0, 0.05) is 22.9 Å². The van der Waals surface area contributed by atoms with Crippen molar-refractivity contribution in [1.82, 2.24) is 0 Å². The second kappa shape index (κ2) is 4.69. The van der Waals surface area contributed by atoms with Gasteiger partial charge >= 0.3 is 0 Å². The summed E-state index contributed by atoms with van der Waals surface area (Å²) in [5.41, 5.74) is -0.443. The Balaban J connectivity index is 1.74. The summed E-state index contributed by atoms with van der Waals surface area (Å²) in [5.74, 6) is 0.241. The van der Waals surface area contributed by atoms with Crippen molar-refractivity contribution in [1.29, 1.82) is 0 Å². The van der Waals surface area contributed by atoms with Crippen molar-refractivity contribution in [2.75, 3.05) is 5.32 Å². The Hall–Kier alpha value is -2.16. The molecule has 0 aromatic heterocycles. The van der Waals surface area contributed by atoms with Crippen LogP contribution in [0.3, 0.4) is 0 Å². The van der Waals surface area contributed by atoms with Crippen molar-refractivity contribution in [3.63, 3.8) is 0 Å². The fourth-order valence-electron chi connectivity index (χ4n) is 4.94. The van der Waals surface area contributed by atoms with Crippen LogP contribution in [0.5, 0.6) is 0 Å². The van der Waals surface area contributed by atoms with Crippen molar-refractivity contribution in [2.45, 2.75) is 40.0 Å². The molecule has 24 heavy (non-hydrogen) atoms. The molecule has 1 N–H and O–H groups in total. The third-order valence-electron chi connectivity index (χ3n) is 7.18. The Bertz CT molecular complexity index is 864. The van der Waals surface area contributed by atoms with Gasteiger partial charge in [-0.25, -0.2) is 0 Å². The van der Waals surface area contributed by atoms with E-state index in [1.807, 2.05) is 49.4 Å². The van der Waals surface area contributed by atoms with Gasteiger partial charge in [0.2, 0.25) is 5.91 Å². The third kappa shape index (κ3) is 1.68. The molecule has 2 aromatic carbocycles. The quantitative estimate of drug-likeness (QED) is 0.881. The molecule has 2 atom stereocenters. The zero-order valence-corrected chi connectivity index (χ0v) is 14.5. The molecular formula is C21H23NO2. The smallest absolute Gasteiger partial charge is 0.231 e. The number of amides is 1. The molecule has 2 unspecified atom stereocenters. The largest absolute Gasteiger partial charge is 0.325 e. The Morgan fingerprint density at radius 2 is 1.71 bits per heavy atom. The Labute approximate surface area is 142 Å². The molecule has 0 heterocycles. The molecule has 2 fully saturated rings. The van der Waals surface area contributed by atoms with E-state index in [1.165, 1.54) is 0 Å². The second-order valence-electron chi connectivity index (χ2n) is 8.12. The predicted octanol–water partition coefficient (Wildman–Crippen LogP) is 4.56. The predicted molar refractivity (Wildman–Crippen MR) is 95.8 cm³/mol. The third-order valence-corrected chi connectivity index (χ3v) is 7.18. The molecule has 1 amide bonds. The lowest BCUT2D eigenvalue weighted by Gasteiger charge is -2.38. The monoisotopic (exact) mass is 321 g/mol. The highest BCUT2D eigenvalue weighted by Crippen LogP contribution is 2.70. The first-order valence-corrected chi connectivity index (χ1v) is 8.64. The molecule has 2 aromatic rings. The zero-order valence-electron chi connectivity index (χ0n) is 14.5. The number of nitrogens with one attached hydrogen (secondary N) is 1. The van der Waals surface area contributed by atoms with Gasteiger partial charge in [0.15, 0.2) is 0 Å². The summed E-state index contributed by atoms with van der Waals surface area (Å²) in [6, 6.07) is 14.0. The van der Waals surface area contributed by atoms with Crippen molar-refractivity contribution in [3.05, 3.63) is 42.5 Å². The van der Waals surface area contributed by atoms with E-state index in [1.54, 1.807) is 0 Å². The maximum absolute atomic E-state index is 13.3. The molecule has 124 valence electrons. The summed E-state index contributed by atoms with van der Waals surface area (Å²) in [5, 5.41) is 5.28. The SMILES string of the molecule is CC12CCC(C(=O)Nc3cccc4ccccc34)(CC1=O)C2(C)C. The topological polar surface area (TPSA) is 46.2 Å². The van der Waals surface area contributed by atoms with E-state index in [4.69, 9.17) is 0 Å². The summed E-state index contributed by atoms with van der Waals surface area (Å²) >= 11 is 0. The van der Waals surface area contributed by atoms with Gasteiger partial charge in [0.1, 0.15) is 5.78 Å². The Morgan fingerprint density at radius 1 is 1.00 bits per heavy atom. The van der Waals surface area contributed by atoms with Crippen LogP contribution >= 0.6 is 0 Å². The minimum absolute atomic E-state index is 0.00146. The molecule has 3 heteroatoms. The lowest BCUT2D eigenvalue weighted by Crippen LogP contribution is -2.43. The van der Waals surface area contributed by atoms with Crippen molar-refractivity contribution < 1.29 is 9.59 Å². The van der Waals surface area contributed by atoms with Crippen LogP contribution in [0.1, 0.15) is 40.0 Å². The van der Waals surface area contributed by atoms with Gasteiger partial charge in [-0.2, -0.15) is 0 Å². The van der Waals surface area contributed by atoms with E-state index in [-0.39, 0.29) is 22.5 Å². The van der Waals surface area contributed by atoms with Gasteiger partial charge in [-0.1, -0.05) is 57.2 Å². The number of Topliss-reactive ketones (excluding diaryl/α,β-unsaturated/α-hetero) is 1. The summed E-state index contributed by atoms with van der Waals surface area (Å²) in [4.78, 5) is 25.8. The molecular weight excluding hydrogens is 298 g/mol. The van der Waals surface area contributed by atoms with E-state index in [2.05, 4.69) is 19.2 Å². The van der Waals surface area contributed by atoms with Crippen LogP contribution in [-0.2, 0) is 9.59 Å². The van der Waals surface area contributed by atoms with E-state index in [0.29, 0.717) is 6.42 Å². The minimum Gasteiger partial charge on any atom is -0.325 e. The van der Waals surface area contributed by atoms with Crippen molar-refractivity contribution in [3.8, 4) is 0 Å².